The molecule has 0 spiro atoms. The number of hydrogen-bond donors (Lipinski definition) is 4. The summed E-state index contributed by atoms with van der Waals surface area (Å²) in [5, 5.41) is 5.45. The number of piperidine rings is 1. The monoisotopic (exact) mass is 551 g/mol. The molecule has 0 aromatic heterocycles. The Balaban J connectivity index is 2.19. The Hall–Kier alpha value is -2.65. The van der Waals surface area contributed by atoms with E-state index >= 15 is 0 Å². The van der Waals surface area contributed by atoms with Crippen LogP contribution in [0.25, 0.3) is 0 Å². The van der Waals surface area contributed by atoms with E-state index < -0.39 is 135 Å². The zero-order valence-electron chi connectivity index (χ0n) is 39.5. The number of likely N-dealkylation sites (tertiary alicyclic amines) is 1. The van der Waals surface area contributed by atoms with Crippen LogP contribution in [-0.4, -0.2) is 64.6 Å². The number of urea groups is 1. The van der Waals surface area contributed by atoms with Crippen molar-refractivity contribution in [2.75, 3.05) is 6.54 Å². The van der Waals surface area contributed by atoms with E-state index in [1.165, 1.54) is 5.32 Å². The van der Waals surface area contributed by atoms with Crippen molar-refractivity contribution >= 4 is 29.5 Å². The number of carbonyl (C=O) groups excluding carboxylic acids is 5. The highest BCUT2D eigenvalue weighted by molar-refractivity contribution is 6.37. The number of rotatable bonds is 9. The predicted octanol–water partition coefficient (Wildman–Crippen LogP) is 2.10. The molecule has 1 heterocycles. The molecular formula is C28H47N5O5. The fraction of sp³-hybridized carbons (Fsp3) is 0.821. The van der Waals surface area contributed by atoms with Gasteiger partial charge in [0.15, 0.2) is 0 Å². The summed E-state index contributed by atoms with van der Waals surface area (Å²) in [6.45, 7) is -14.5. The fourth-order valence-corrected chi connectivity index (χ4v) is 4.88. The second-order valence-electron chi connectivity index (χ2n) is 11.4. The Bertz CT molecular complexity index is 1540. The summed E-state index contributed by atoms with van der Waals surface area (Å²) in [5.74, 6) is -10.9. The molecule has 3 aliphatic rings. The van der Waals surface area contributed by atoms with Crippen molar-refractivity contribution in [2.45, 2.75) is 111 Å². The molecule has 3 rings (SSSR count). The second kappa shape index (κ2) is 10.5. The lowest BCUT2D eigenvalue weighted by atomic mass is 9.80. The van der Waals surface area contributed by atoms with Gasteiger partial charge in [-0.15, -0.1) is 0 Å². The van der Waals surface area contributed by atoms with Crippen LogP contribution in [0.2, 0.25) is 0 Å². The first-order chi connectivity index (χ1) is 24.7. The minimum atomic E-state index is -3.90. The van der Waals surface area contributed by atoms with Gasteiger partial charge in [-0.2, -0.15) is 0 Å². The maximum Gasteiger partial charge on any atom is 0.315 e. The van der Waals surface area contributed by atoms with Gasteiger partial charge in [0.2, 0.25) is 17.6 Å². The number of amides is 5. The van der Waals surface area contributed by atoms with E-state index in [0.717, 1.165) is 0 Å². The molecule has 10 heteroatoms. The number of nitrogens with one attached hydrogen (secondary N) is 3. The first kappa shape index (κ1) is 13.6. The van der Waals surface area contributed by atoms with Crippen molar-refractivity contribution in [1.29, 1.82) is 0 Å². The first-order valence-corrected chi connectivity index (χ1v) is 12.2. The van der Waals surface area contributed by atoms with Crippen molar-refractivity contribution in [3.05, 3.63) is 0 Å². The van der Waals surface area contributed by atoms with Gasteiger partial charge in [0.05, 0.1) is 7.39 Å². The Morgan fingerprint density at radius 2 is 1.79 bits per heavy atom. The minimum absolute atomic E-state index is 0.129. The molecule has 1 saturated heterocycles. The Morgan fingerprint density at radius 3 is 2.29 bits per heavy atom. The molecule has 1 aliphatic heterocycles. The summed E-state index contributed by atoms with van der Waals surface area (Å²) < 4.78 is 146. The SMILES string of the molecule is [2H]C([2H])([2H])C1(C([2H])([2H])[2H])[C@@H]2[C@@H](C(=O)NC([2H])(C(=O)C(N)=O)C([2H])([2H])C3CCC3)N(C(=O)[C@H](CC(C)(C)C)NC(=O)NC(C([2H])([2H])[2H])(C([2H])([2H])[2H])C([2H])([2H])[2H])C[C@@H]21. The summed E-state index contributed by atoms with van der Waals surface area (Å²) >= 11 is 0. The van der Waals surface area contributed by atoms with Gasteiger partial charge in [0.1, 0.15) is 12.1 Å². The molecule has 2 saturated carbocycles. The fourth-order valence-electron chi connectivity index (χ4n) is 4.88. The number of nitrogens with zero attached hydrogens (tertiary/aromatic N) is 1. The van der Waals surface area contributed by atoms with Crippen LogP contribution in [0.15, 0.2) is 0 Å². The molecule has 3 fully saturated rings. The zero-order valence-corrected chi connectivity index (χ0v) is 21.5. The average molecular weight is 552 g/mol. The molecule has 38 heavy (non-hydrogen) atoms. The Morgan fingerprint density at radius 1 is 1.13 bits per heavy atom. The van der Waals surface area contributed by atoms with Crippen molar-refractivity contribution in [2.24, 2.45) is 34.3 Å². The Labute approximate surface area is 251 Å². The number of Topliss-reactive ketones (excluding diaryl/α,β-unsaturated/α-hetero) is 1. The first-order valence-electron chi connectivity index (χ1n) is 21.2. The largest absolute Gasteiger partial charge is 0.363 e. The number of ketones is 1. The quantitative estimate of drug-likeness (QED) is 0.324. The summed E-state index contributed by atoms with van der Waals surface area (Å²) in [6, 6.07) is -9.34. The molecule has 0 radical (unpaired) electrons. The van der Waals surface area contributed by atoms with Gasteiger partial charge < -0.3 is 26.6 Å². The third-order valence-corrected chi connectivity index (χ3v) is 6.93. The van der Waals surface area contributed by atoms with Crippen molar-refractivity contribution in [3.63, 3.8) is 0 Å². The van der Waals surface area contributed by atoms with Crippen LogP contribution in [0.1, 0.15) is 112 Å². The predicted molar refractivity (Wildman–Crippen MR) is 144 cm³/mol. The molecule has 0 aromatic carbocycles. The van der Waals surface area contributed by atoms with E-state index in [1.807, 2.05) is 5.32 Å². The molecule has 5 atom stereocenters. The molecule has 214 valence electrons. The van der Waals surface area contributed by atoms with Gasteiger partial charge in [-0.1, -0.05) is 53.7 Å². The number of primary amides is 1. The third-order valence-electron chi connectivity index (χ3n) is 6.93. The van der Waals surface area contributed by atoms with E-state index in [-0.39, 0.29) is 12.8 Å². The molecule has 10 nitrogen and oxygen atoms in total. The summed E-state index contributed by atoms with van der Waals surface area (Å²) in [7, 11) is 0. The number of fused-ring (bicyclic) bond motifs is 1. The summed E-state index contributed by atoms with van der Waals surface area (Å²) in [5.41, 5.74) is -2.34. The lowest BCUT2D eigenvalue weighted by Crippen LogP contribution is -2.60. The maximum absolute atomic E-state index is 14.5. The summed E-state index contributed by atoms with van der Waals surface area (Å²) in [6.07, 6.45) is -2.66. The van der Waals surface area contributed by atoms with Crippen LogP contribution in [0, 0.1) is 28.6 Å². The van der Waals surface area contributed by atoms with Crippen molar-refractivity contribution in [3.8, 4) is 0 Å². The molecule has 0 aromatic rings. The summed E-state index contributed by atoms with van der Waals surface area (Å²) in [4.78, 5) is 68.2. The van der Waals surface area contributed by atoms with Crippen LogP contribution >= 0.6 is 0 Å². The molecule has 1 unspecified atom stereocenters. The minimum Gasteiger partial charge on any atom is -0.363 e. The molecular weight excluding hydrogens is 486 g/mol. The number of carbonyl (C=O) groups is 5. The number of nitrogens with two attached hydrogens (primary N) is 1. The van der Waals surface area contributed by atoms with Crippen molar-refractivity contribution in [1.82, 2.24) is 20.9 Å². The number of hydrogen-bond acceptors (Lipinski definition) is 5. The van der Waals surface area contributed by atoms with Gasteiger partial charge in [0, 0.05) is 35.4 Å². The lowest BCUT2D eigenvalue weighted by Gasteiger charge is -2.36. The van der Waals surface area contributed by atoms with Crippen LogP contribution in [0.4, 0.5) is 4.79 Å². The van der Waals surface area contributed by atoms with E-state index in [0.29, 0.717) is 11.3 Å². The van der Waals surface area contributed by atoms with Crippen LogP contribution in [0.5, 0.6) is 0 Å². The topological polar surface area (TPSA) is 151 Å². The second-order valence-corrected chi connectivity index (χ2v) is 11.4. The van der Waals surface area contributed by atoms with E-state index in [9.17, 15) is 24.0 Å². The highest BCUT2D eigenvalue weighted by atomic mass is 16.2. The average Bonchev–Trinajstić information content (AvgIpc) is 3.45. The lowest BCUT2D eigenvalue weighted by molar-refractivity contribution is -0.144. The van der Waals surface area contributed by atoms with E-state index in [1.54, 1.807) is 20.8 Å². The highest BCUT2D eigenvalue weighted by Crippen LogP contribution is 2.65. The molecule has 2 aliphatic carbocycles. The zero-order chi connectivity index (χ0) is 44.0. The van der Waals surface area contributed by atoms with E-state index in [4.69, 9.17) is 30.4 Å². The highest BCUT2D eigenvalue weighted by Gasteiger charge is 2.69. The van der Waals surface area contributed by atoms with Gasteiger partial charge in [-0.05, 0) is 61.9 Å². The van der Waals surface area contributed by atoms with Gasteiger partial charge in [-0.25, -0.2) is 4.79 Å². The van der Waals surface area contributed by atoms with Gasteiger partial charge >= 0.3 is 6.03 Å². The van der Waals surface area contributed by atoms with Crippen LogP contribution in [-0.2, 0) is 19.2 Å². The molecule has 5 N–H and O–H groups in total. The van der Waals surface area contributed by atoms with Gasteiger partial charge in [-0.3, -0.25) is 19.2 Å². The van der Waals surface area contributed by atoms with Crippen molar-refractivity contribution < 1.29 is 48.6 Å². The van der Waals surface area contributed by atoms with Crippen LogP contribution in [0.3, 0.4) is 0 Å². The smallest absolute Gasteiger partial charge is 0.315 e. The normalized spacial score (nSPS) is 35.8. The third kappa shape index (κ3) is 6.86. The maximum atomic E-state index is 14.5. The molecule has 0 bridgehead atoms. The van der Waals surface area contributed by atoms with E-state index in [2.05, 4.69) is 5.32 Å². The van der Waals surface area contributed by atoms with Crippen LogP contribution < -0.4 is 21.7 Å². The standard InChI is InChI=1S/C28H47N5O5/c1-26(2,3)13-18(31-25(38)32-27(4,5)6)24(37)33-14-16-19(28(16,7)8)20(33)23(36)30-17(21(34)22(29)35)12-15-10-9-11-15/h15-20H,9-14H2,1-8H3,(H2,29,35)(H,30,36)(H2,31,32,38)/t16-,17?,18-,19-,20-/m0/s1/i4D3,5D3,6D3,7D3,8D3,12D2,17D. The molecule has 5 amide bonds. The Kier molecular flexibility index (Phi) is 3.76. The van der Waals surface area contributed by atoms with Gasteiger partial charge in [0.25, 0.3) is 5.91 Å².